The van der Waals surface area contributed by atoms with Gasteiger partial charge in [-0.3, -0.25) is 9.59 Å². The summed E-state index contributed by atoms with van der Waals surface area (Å²) in [6.07, 6.45) is 0. The second kappa shape index (κ2) is 6.34. The summed E-state index contributed by atoms with van der Waals surface area (Å²) < 4.78 is 0. The molecule has 0 radical (unpaired) electrons. The van der Waals surface area contributed by atoms with E-state index in [1.165, 1.54) is 6.92 Å². The SMILES string of the molecule is CC.CC(=O)c1c(C)c(C)c(C)c(C(N)=O)c1C. The number of carbonyl (C=O) groups excluding carboxylic acids is 2. The molecule has 0 saturated heterocycles. The zero-order valence-electron chi connectivity index (χ0n) is 12.4. The first kappa shape index (κ1) is 16.4. The fourth-order valence-electron chi connectivity index (χ4n) is 2.24. The van der Waals surface area contributed by atoms with Crippen LogP contribution in [-0.4, -0.2) is 11.7 Å². The van der Waals surface area contributed by atoms with E-state index in [4.69, 9.17) is 5.73 Å². The lowest BCUT2D eigenvalue weighted by molar-refractivity contribution is 0.0999. The summed E-state index contributed by atoms with van der Waals surface area (Å²) in [5.74, 6) is -0.499. The third-order valence-electron chi connectivity index (χ3n) is 3.22. The molecule has 3 nitrogen and oxygen atoms in total. The van der Waals surface area contributed by atoms with Crippen molar-refractivity contribution in [1.29, 1.82) is 0 Å². The van der Waals surface area contributed by atoms with Crippen molar-refractivity contribution in [2.75, 3.05) is 0 Å². The molecule has 3 heteroatoms. The predicted molar refractivity (Wildman–Crippen MR) is 75.3 cm³/mol. The summed E-state index contributed by atoms with van der Waals surface area (Å²) in [6.45, 7) is 12.9. The van der Waals surface area contributed by atoms with Crippen molar-refractivity contribution in [3.8, 4) is 0 Å². The van der Waals surface area contributed by atoms with Gasteiger partial charge in [0.25, 0.3) is 0 Å². The predicted octanol–water partition coefficient (Wildman–Crippen LogP) is 3.25. The molecule has 1 aromatic carbocycles. The lowest BCUT2D eigenvalue weighted by Crippen LogP contribution is -2.18. The number of carbonyl (C=O) groups is 2. The normalized spacial score (nSPS) is 9.50. The Labute approximate surface area is 109 Å². The maximum absolute atomic E-state index is 11.6. The van der Waals surface area contributed by atoms with Crippen LogP contribution in [0.4, 0.5) is 0 Å². The Bertz CT molecular complexity index is 447. The zero-order chi connectivity index (χ0) is 14.6. The average molecular weight is 249 g/mol. The van der Waals surface area contributed by atoms with Crippen LogP contribution < -0.4 is 5.73 Å². The van der Waals surface area contributed by atoms with Gasteiger partial charge >= 0.3 is 0 Å². The number of benzene rings is 1. The monoisotopic (exact) mass is 249 g/mol. The highest BCUT2D eigenvalue weighted by Crippen LogP contribution is 2.26. The van der Waals surface area contributed by atoms with Gasteiger partial charge in [0.15, 0.2) is 5.78 Å². The molecule has 100 valence electrons. The number of nitrogens with two attached hydrogens (primary N) is 1. The number of rotatable bonds is 2. The van der Waals surface area contributed by atoms with E-state index in [0.29, 0.717) is 16.7 Å². The van der Waals surface area contributed by atoms with E-state index < -0.39 is 5.91 Å². The zero-order valence-corrected chi connectivity index (χ0v) is 12.4. The van der Waals surface area contributed by atoms with Crippen molar-refractivity contribution in [3.63, 3.8) is 0 Å². The van der Waals surface area contributed by atoms with Crippen molar-refractivity contribution in [1.82, 2.24) is 0 Å². The molecule has 0 fully saturated rings. The van der Waals surface area contributed by atoms with Gasteiger partial charge in [0.05, 0.1) is 0 Å². The quantitative estimate of drug-likeness (QED) is 0.818. The fraction of sp³-hybridized carbons (Fsp3) is 0.467. The Morgan fingerprint density at radius 3 is 1.50 bits per heavy atom. The molecule has 0 unspecified atom stereocenters. The molecular weight excluding hydrogens is 226 g/mol. The maximum atomic E-state index is 11.6. The first-order chi connectivity index (χ1) is 8.29. The van der Waals surface area contributed by atoms with Crippen molar-refractivity contribution >= 4 is 11.7 Å². The van der Waals surface area contributed by atoms with Crippen molar-refractivity contribution < 1.29 is 9.59 Å². The Morgan fingerprint density at radius 1 is 0.778 bits per heavy atom. The van der Waals surface area contributed by atoms with Gasteiger partial charge in [-0.05, 0) is 56.9 Å². The third kappa shape index (κ3) is 2.78. The fourth-order valence-corrected chi connectivity index (χ4v) is 2.24. The van der Waals surface area contributed by atoms with E-state index in [-0.39, 0.29) is 5.78 Å². The number of hydrogen-bond acceptors (Lipinski definition) is 2. The summed E-state index contributed by atoms with van der Waals surface area (Å²) in [6, 6.07) is 0. The molecule has 0 aliphatic heterocycles. The summed E-state index contributed by atoms with van der Waals surface area (Å²) in [4.78, 5) is 23.0. The second-order valence-corrected chi connectivity index (χ2v) is 4.17. The van der Waals surface area contributed by atoms with Crippen LogP contribution in [0.5, 0.6) is 0 Å². The highest BCUT2D eigenvalue weighted by atomic mass is 16.1. The van der Waals surface area contributed by atoms with Crippen LogP contribution in [0.2, 0.25) is 0 Å². The minimum Gasteiger partial charge on any atom is -0.366 e. The number of primary amides is 1. The lowest BCUT2D eigenvalue weighted by Gasteiger charge is -2.17. The van der Waals surface area contributed by atoms with Gasteiger partial charge < -0.3 is 5.73 Å². The van der Waals surface area contributed by atoms with Gasteiger partial charge in [0.1, 0.15) is 0 Å². The van der Waals surface area contributed by atoms with Gasteiger partial charge in [0.2, 0.25) is 5.91 Å². The van der Waals surface area contributed by atoms with Crippen molar-refractivity contribution in [2.24, 2.45) is 5.73 Å². The Kier molecular flexibility index (Phi) is 5.76. The molecule has 18 heavy (non-hydrogen) atoms. The minimum absolute atomic E-state index is 0.0272. The highest BCUT2D eigenvalue weighted by Gasteiger charge is 2.19. The van der Waals surface area contributed by atoms with E-state index in [1.807, 2.05) is 34.6 Å². The average Bonchev–Trinajstić information content (AvgIpc) is 2.28. The first-order valence-electron chi connectivity index (χ1n) is 6.20. The summed E-state index contributed by atoms with van der Waals surface area (Å²) in [5, 5.41) is 0. The molecule has 1 rings (SSSR count). The molecular formula is C15H23NO2. The van der Waals surface area contributed by atoms with Crippen LogP contribution in [0.1, 0.15) is 63.7 Å². The summed E-state index contributed by atoms with van der Waals surface area (Å²) in [5.41, 5.74) is 9.92. The highest BCUT2D eigenvalue weighted by molar-refractivity contribution is 6.03. The smallest absolute Gasteiger partial charge is 0.249 e. The van der Waals surface area contributed by atoms with Crippen molar-refractivity contribution in [3.05, 3.63) is 33.4 Å². The molecule has 0 bridgehead atoms. The van der Waals surface area contributed by atoms with Gasteiger partial charge in [-0.2, -0.15) is 0 Å². The van der Waals surface area contributed by atoms with Crippen LogP contribution >= 0.6 is 0 Å². The number of amides is 1. The van der Waals surface area contributed by atoms with E-state index in [2.05, 4.69) is 0 Å². The van der Waals surface area contributed by atoms with Crippen LogP contribution in [0, 0.1) is 27.7 Å². The largest absolute Gasteiger partial charge is 0.366 e. The van der Waals surface area contributed by atoms with Crippen LogP contribution in [0.3, 0.4) is 0 Å². The number of ketones is 1. The van der Waals surface area contributed by atoms with Gasteiger partial charge in [-0.15, -0.1) is 0 Å². The third-order valence-corrected chi connectivity index (χ3v) is 3.22. The molecule has 0 heterocycles. The van der Waals surface area contributed by atoms with E-state index in [0.717, 1.165) is 16.7 Å². The Balaban J connectivity index is 0.00000137. The molecule has 1 aromatic rings. The summed E-state index contributed by atoms with van der Waals surface area (Å²) >= 11 is 0. The Hall–Kier alpha value is -1.64. The number of hydrogen-bond donors (Lipinski definition) is 1. The molecule has 0 spiro atoms. The van der Waals surface area contributed by atoms with E-state index >= 15 is 0 Å². The van der Waals surface area contributed by atoms with Crippen LogP contribution in [0.25, 0.3) is 0 Å². The molecule has 0 atom stereocenters. The topological polar surface area (TPSA) is 60.2 Å². The van der Waals surface area contributed by atoms with Gasteiger partial charge in [0, 0.05) is 11.1 Å². The molecule has 1 amide bonds. The van der Waals surface area contributed by atoms with E-state index in [9.17, 15) is 9.59 Å². The molecule has 0 saturated carbocycles. The second-order valence-electron chi connectivity index (χ2n) is 4.17. The summed E-state index contributed by atoms with van der Waals surface area (Å²) in [7, 11) is 0. The molecule has 0 aliphatic carbocycles. The van der Waals surface area contributed by atoms with Crippen molar-refractivity contribution in [2.45, 2.75) is 48.5 Å². The molecule has 0 aliphatic rings. The first-order valence-corrected chi connectivity index (χ1v) is 6.20. The molecule has 2 N–H and O–H groups in total. The Morgan fingerprint density at radius 2 is 1.17 bits per heavy atom. The van der Waals surface area contributed by atoms with Crippen LogP contribution in [0.15, 0.2) is 0 Å². The number of Topliss-reactive ketones (excluding diaryl/α,β-unsaturated/α-hetero) is 1. The van der Waals surface area contributed by atoms with Gasteiger partial charge in [-0.25, -0.2) is 0 Å². The standard InChI is InChI=1S/C13H17NO2.C2H6/c1-6-7(2)11(10(5)15)9(4)12(8(6)3)13(14)16;1-2/h1-5H3,(H2,14,16);1-2H3. The maximum Gasteiger partial charge on any atom is 0.249 e. The molecule has 0 aromatic heterocycles. The van der Waals surface area contributed by atoms with E-state index in [1.54, 1.807) is 6.92 Å². The lowest BCUT2D eigenvalue weighted by atomic mass is 9.87. The minimum atomic E-state index is -0.472. The van der Waals surface area contributed by atoms with Crippen LogP contribution in [-0.2, 0) is 0 Å². The van der Waals surface area contributed by atoms with Gasteiger partial charge in [-0.1, -0.05) is 13.8 Å².